The summed E-state index contributed by atoms with van der Waals surface area (Å²) in [7, 11) is 0. The van der Waals surface area contributed by atoms with Crippen molar-refractivity contribution in [2.75, 3.05) is 19.6 Å². The summed E-state index contributed by atoms with van der Waals surface area (Å²) in [5.41, 5.74) is 0.153. The number of benzene rings is 1. The predicted octanol–water partition coefficient (Wildman–Crippen LogP) is 3.75. The molecule has 2 aliphatic carbocycles. The summed E-state index contributed by atoms with van der Waals surface area (Å²) in [4.78, 5) is 28.6. The van der Waals surface area contributed by atoms with E-state index in [-0.39, 0.29) is 40.9 Å². The van der Waals surface area contributed by atoms with Crippen molar-refractivity contribution in [2.24, 2.45) is 17.8 Å². The standard InChI is InChI=1S/C26H32F2N4O3/c1-15(17-3-2-4-17)29-25(33)20-14-32(13-16-5-6-16)10-9-22(20)30-26(34)24-12-23(31-35-24)19-8-7-18(27)11-21(19)28/h7-8,11-12,15-17,20,22H,2-6,9-10,13-14H2,1H3,(H,29,33)(H,30,34)/t15-,20-,22-/m1/s1. The van der Waals surface area contributed by atoms with Gasteiger partial charge in [0.05, 0.1) is 5.92 Å². The number of likely N-dealkylation sites (tertiary alicyclic amines) is 1. The van der Waals surface area contributed by atoms with E-state index in [9.17, 15) is 18.4 Å². The minimum Gasteiger partial charge on any atom is -0.353 e. The van der Waals surface area contributed by atoms with Gasteiger partial charge in [0.1, 0.15) is 17.3 Å². The second-order valence-electron chi connectivity index (χ2n) is 10.4. The van der Waals surface area contributed by atoms with Crippen LogP contribution in [0.1, 0.15) is 56.0 Å². The highest BCUT2D eigenvalue weighted by Crippen LogP contribution is 2.32. The molecular weight excluding hydrogens is 454 g/mol. The van der Waals surface area contributed by atoms with E-state index in [1.165, 1.54) is 31.4 Å². The van der Waals surface area contributed by atoms with E-state index in [0.29, 0.717) is 18.9 Å². The van der Waals surface area contributed by atoms with Crippen molar-refractivity contribution >= 4 is 11.8 Å². The molecule has 35 heavy (non-hydrogen) atoms. The monoisotopic (exact) mass is 486 g/mol. The lowest BCUT2D eigenvalue weighted by Crippen LogP contribution is -2.57. The number of rotatable bonds is 8. The van der Waals surface area contributed by atoms with E-state index in [4.69, 9.17) is 4.52 Å². The molecule has 3 aliphatic rings. The fourth-order valence-electron chi connectivity index (χ4n) is 5.12. The van der Waals surface area contributed by atoms with Gasteiger partial charge in [0.15, 0.2) is 0 Å². The lowest BCUT2D eigenvalue weighted by molar-refractivity contribution is -0.128. The van der Waals surface area contributed by atoms with Crippen LogP contribution < -0.4 is 10.6 Å². The summed E-state index contributed by atoms with van der Waals surface area (Å²) >= 11 is 0. The van der Waals surface area contributed by atoms with E-state index >= 15 is 0 Å². The average Bonchev–Trinajstić information content (AvgIpc) is 3.45. The Bertz CT molecular complexity index is 1080. The van der Waals surface area contributed by atoms with Crippen molar-refractivity contribution < 1.29 is 22.9 Å². The lowest BCUT2D eigenvalue weighted by atomic mass is 9.80. The Morgan fingerprint density at radius 2 is 1.97 bits per heavy atom. The highest BCUT2D eigenvalue weighted by atomic mass is 19.1. The first-order valence-corrected chi connectivity index (χ1v) is 12.6. The first-order chi connectivity index (χ1) is 16.9. The molecule has 2 heterocycles. The van der Waals surface area contributed by atoms with Gasteiger partial charge in [-0.3, -0.25) is 9.59 Å². The van der Waals surface area contributed by atoms with Crippen molar-refractivity contribution in [3.05, 3.63) is 41.7 Å². The zero-order valence-corrected chi connectivity index (χ0v) is 19.9. The molecule has 2 saturated carbocycles. The van der Waals surface area contributed by atoms with Gasteiger partial charge < -0.3 is 20.1 Å². The molecule has 9 heteroatoms. The van der Waals surface area contributed by atoms with Crippen LogP contribution in [-0.2, 0) is 4.79 Å². The van der Waals surface area contributed by atoms with E-state index in [0.717, 1.165) is 44.0 Å². The number of hydrogen-bond donors (Lipinski definition) is 2. The Kier molecular flexibility index (Phi) is 6.86. The van der Waals surface area contributed by atoms with Crippen LogP contribution in [0.15, 0.2) is 28.8 Å². The second-order valence-corrected chi connectivity index (χ2v) is 10.4. The molecule has 1 aromatic heterocycles. The van der Waals surface area contributed by atoms with Crippen LogP contribution in [-0.4, -0.2) is 53.6 Å². The third-order valence-electron chi connectivity index (χ3n) is 7.73. The molecule has 188 valence electrons. The molecule has 2 N–H and O–H groups in total. The predicted molar refractivity (Wildman–Crippen MR) is 125 cm³/mol. The van der Waals surface area contributed by atoms with Crippen molar-refractivity contribution in [1.29, 1.82) is 0 Å². The van der Waals surface area contributed by atoms with Crippen LogP contribution in [0.4, 0.5) is 8.78 Å². The molecule has 1 aromatic carbocycles. The first-order valence-electron chi connectivity index (χ1n) is 12.6. The third kappa shape index (κ3) is 5.55. The first kappa shape index (κ1) is 23.9. The Morgan fingerprint density at radius 1 is 1.17 bits per heavy atom. The molecule has 7 nitrogen and oxygen atoms in total. The van der Waals surface area contributed by atoms with Gasteiger partial charge in [-0.25, -0.2) is 8.78 Å². The molecule has 0 unspecified atom stereocenters. The smallest absolute Gasteiger partial charge is 0.290 e. The van der Waals surface area contributed by atoms with Crippen LogP contribution in [0.25, 0.3) is 11.3 Å². The van der Waals surface area contributed by atoms with Crippen LogP contribution in [0, 0.1) is 29.4 Å². The van der Waals surface area contributed by atoms with Crippen molar-refractivity contribution in [1.82, 2.24) is 20.7 Å². The highest BCUT2D eigenvalue weighted by Gasteiger charge is 2.38. The van der Waals surface area contributed by atoms with Crippen LogP contribution >= 0.6 is 0 Å². The maximum absolute atomic E-state index is 14.1. The summed E-state index contributed by atoms with van der Waals surface area (Å²) < 4.78 is 32.5. The summed E-state index contributed by atoms with van der Waals surface area (Å²) in [5, 5.41) is 9.94. The molecule has 1 saturated heterocycles. The van der Waals surface area contributed by atoms with Gasteiger partial charge in [0, 0.05) is 49.4 Å². The van der Waals surface area contributed by atoms with E-state index < -0.39 is 17.5 Å². The molecule has 0 radical (unpaired) electrons. The summed E-state index contributed by atoms with van der Waals surface area (Å²) in [6.07, 6.45) is 6.64. The summed E-state index contributed by atoms with van der Waals surface area (Å²) in [5.74, 6) is -1.21. The van der Waals surface area contributed by atoms with E-state index in [1.807, 2.05) is 0 Å². The van der Waals surface area contributed by atoms with Crippen molar-refractivity contribution in [2.45, 2.75) is 57.5 Å². The number of amides is 2. The zero-order chi connectivity index (χ0) is 24.5. The molecule has 0 bridgehead atoms. The number of hydrogen-bond acceptors (Lipinski definition) is 5. The van der Waals surface area contributed by atoms with Gasteiger partial charge >= 0.3 is 0 Å². The molecule has 3 fully saturated rings. The van der Waals surface area contributed by atoms with Crippen LogP contribution in [0.3, 0.4) is 0 Å². The van der Waals surface area contributed by atoms with Gasteiger partial charge in [-0.1, -0.05) is 11.6 Å². The molecule has 2 amide bonds. The van der Waals surface area contributed by atoms with Crippen LogP contribution in [0.5, 0.6) is 0 Å². The van der Waals surface area contributed by atoms with Crippen molar-refractivity contribution in [3.63, 3.8) is 0 Å². The Morgan fingerprint density at radius 3 is 2.66 bits per heavy atom. The SMILES string of the molecule is C[C@@H](NC(=O)[C@@H]1CN(CC2CC2)CC[C@H]1NC(=O)c1cc(-c2ccc(F)cc2F)no1)C1CCC1. The van der Waals surface area contributed by atoms with Crippen LogP contribution in [0.2, 0.25) is 0 Å². The molecule has 3 atom stereocenters. The fourth-order valence-corrected chi connectivity index (χ4v) is 5.12. The number of carbonyl (C=O) groups is 2. The average molecular weight is 487 g/mol. The third-order valence-corrected chi connectivity index (χ3v) is 7.73. The molecule has 5 rings (SSSR count). The normalized spacial score (nSPS) is 24.0. The topological polar surface area (TPSA) is 87.5 Å². The lowest BCUT2D eigenvalue weighted by Gasteiger charge is -2.39. The molecular formula is C26H32F2N4O3. The highest BCUT2D eigenvalue weighted by molar-refractivity contribution is 5.93. The molecule has 1 aliphatic heterocycles. The minimum atomic E-state index is -0.786. The minimum absolute atomic E-state index is 0.0261. The zero-order valence-electron chi connectivity index (χ0n) is 19.9. The Labute approximate surface area is 203 Å². The van der Waals surface area contributed by atoms with Crippen molar-refractivity contribution in [3.8, 4) is 11.3 Å². The Balaban J connectivity index is 1.27. The van der Waals surface area contributed by atoms with E-state index in [1.54, 1.807) is 0 Å². The number of piperidine rings is 1. The van der Waals surface area contributed by atoms with Gasteiger partial charge in [-0.2, -0.15) is 0 Å². The largest absolute Gasteiger partial charge is 0.353 e. The van der Waals surface area contributed by atoms with Gasteiger partial charge in [0.25, 0.3) is 5.91 Å². The number of carbonyl (C=O) groups excluding carboxylic acids is 2. The van der Waals surface area contributed by atoms with Gasteiger partial charge in [0.2, 0.25) is 11.7 Å². The number of nitrogens with zero attached hydrogens (tertiary/aromatic N) is 2. The molecule has 2 aromatic rings. The Hall–Kier alpha value is -2.81. The van der Waals surface area contributed by atoms with E-state index in [2.05, 4.69) is 27.6 Å². The number of aromatic nitrogens is 1. The number of halogens is 2. The number of nitrogens with one attached hydrogen (secondary N) is 2. The maximum atomic E-state index is 14.1. The summed E-state index contributed by atoms with van der Waals surface area (Å²) in [6.45, 7) is 4.47. The fraction of sp³-hybridized carbons (Fsp3) is 0.577. The van der Waals surface area contributed by atoms with Gasteiger partial charge in [-0.05, 0) is 63.0 Å². The quantitative estimate of drug-likeness (QED) is 0.594. The molecule has 0 spiro atoms. The second kappa shape index (κ2) is 10.0. The maximum Gasteiger partial charge on any atom is 0.290 e. The summed E-state index contributed by atoms with van der Waals surface area (Å²) in [6, 6.07) is 4.24. The van der Waals surface area contributed by atoms with Gasteiger partial charge in [-0.15, -0.1) is 0 Å².